The minimum atomic E-state index is -1.04. The molecule has 0 aliphatic carbocycles. The summed E-state index contributed by atoms with van der Waals surface area (Å²) in [5.41, 5.74) is 2.21. The lowest BCUT2D eigenvalue weighted by Gasteiger charge is -2.33. The molecule has 1 aromatic carbocycles. The highest BCUT2D eigenvalue weighted by Crippen LogP contribution is 2.24. The number of benzene rings is 1. The molecule has 1 aliphatic heterocycles. The normalized spacial score (nSPS) is 16.2. The van der Waals surface area contributed by atoms with Gasteiger partial charge in [0.15, 0.2) is 5.82 Å². The van der Waals surface area contributed by atoms with Crippen LogP contribution in [0.2, 0.25) is 0 Å². The zero-order valence-corrected chi connectivity index (χ0v) is 15.6. The van der Waals surface area contributed by atoms with Crippen LogP contribution in [0.5, 0.6) is 0 Å². The number of aryl methyl sites for hydroxylation is 2. The molecular weight excluding hydrogens is 366 g/mol. The third-order valence-corrected chi connectivity index (χ3v) is 5.42. The highest BCUT2D eigenvalue weighted by Gasteiger charge is 2.36. The van der Waals surface area contributed by atoms with Crippen LogP contribution in [0.1, 0.15) is 27.0 Å². The fraction of sp³-hybridized carbons (Fsp3) is 0.278. The lowest BCUT2D eigenvalue weighted by molar-refractivity contribution is -0.143. The zero-order chi connectivity index (χ0) is 19.1. The number of hydrogen-bond donors (Lipinski definition) is 1. The fourth-order valence-corrected chi connectivity index (χ4v) is 3.81. The van der Waals surface area contributed by atoms with E-state index in [0.29, 0.717) is 17.2 Å². The largest absolute Gasteiger partial charge is 0.480 e. The van der Waals surface area contributed by atoms with Gasteiger partial charge in [-0.3, -0.25) is 4.79 Å². The number of aliphatic carboxylic acids is 1. The smallest absolute Gasteiger partial charge is 0.328 e. The number of aromatic nitrogens is 4. The topological polar surface area (TPSA) is 101 Å². The maximum absolute atomic E-state index is 13.0. The molecule has 1 N–H and O–H groups in total. The monoisotopic (exact) mass is 383 g/mol. The number of nitrogens with zero attached hydrogens (tertiary/aromatic N) is 5. The summed E-state index contributed by atoms with van der Waals surface area (Å²) in [6.07, 6.45) is 0. The molecule has 1 unspecified atom stereocenters. The van der Waals surface area contributed by atoms with Crippen LogP contribution in [-0.2, 0) is 17.9 Å². The molecule has 1 aliphatic rings. The Bertz CT molecular complexity index is 1020. The van der Waals surface area contributed by atoms with Gasteiger partial charge in [0, 0.05) is 16.5 Å². The van der Waals surface area contributed by atoms with E-state index < -0.39 is 12.0 Å². The van der Waals surface area contributed by atoms with Gasteiger partial charge in [-0.25, -0.2) is 9.78 Å². The molecular formula is C18H17N5O3S. The maximum atomic E-state index is 13.0. The van der Waals surface area contributed by atoms with Gasteiger partial charge in [0.05, 0.1) is 23.8 Å². The third kappa shape index (κ3) is 3.10. The summed E-state index contributed by atoms with van der Waals surface area (Å²) in [5.74, 6) is -0.147. The van der Waals surface area contributed by atoms with Crippen molar-refractivity contribution < 1.29 is 14.7 Å². The number of carbonyl (C=O) groups is 2. The second-order valence-electron chi connectivity index (χ2n) is 6.39. The van der Waals surface area contributed by atoms with Crippen molar-refractivity contribution in [2.24, 2.45) is 0 Å². The predicted octanol–water partition coefficient (Wildman–Crippen LogP) is 2.13. The van der Waals surface area contributed by atoms with Gasteiger partial charge in [0.25, 0.3) is 5.91 Å². The van der Waals surface area contributed by atoms with Crippen LogP contribution < -0.4 is 0 Å². The minimum Gasteiger partial charge on any atom is -0.480 e. The summed E-state index contributed by atoms with van der Waals surface area (Å²) in [6, 6.07) is 6.11. The summed E-state index contributed by atoms with van der Waals surface area (Å²) in [5, 5.41) is 20.6. The van der Waals surface area contributed by atoms with Gasteiger partial charge < -0.3 is 14.6 Å². The van der Waals surface area contributed by atoms with Crippen molar-refractivity contribution in [3.8, 4) is 11.3 Å². The SMILES string of the molecule is Cc1nc(-c2ccc(C(=O)N3Cc4nnc(C)n4CC3C(=O)O)cc2)cs1. The van der Waals surface area contributed by atoms with Crippen molar-refractivity contribution in [2.45, 2.75) is 33.0 Å². The van der Waals surface area contributed by atoms with E-state index in [2.05, 4.69) is 15.2 Å². The molecule has 1 atom stereocenters. The number of carbonyl (C=O) groups excluding carboxylic acids is 1. The number of hydrogen-bond acceptors (Lipinski definition) is 6. The van der Waals surface area contributed by atoms with Gasteiger partial charge in [-0.1, -0.05) is 12.1 Å². The Hall–Kier alpha value is -3.07. The molecule has 3 aromatic rings. The molecule has 0 bridgehead atoms. The van der Waals surface area contributed by atoms with E-state index in [9.17, 15) is 14.7 Å². The van der Waals surface area contributed by atoms with Gasteiger partial charge >= 0.3 is 5.97 Å². The highest BCUT2D eigenvalue weighted by atomic mass is 32.1. The first-order chi connectivity index (χ1) is 12.9. The van der Waals surface area contributed by atoms with Crippen molar-refractivity contribution in [3.05, 3.63) is 51.9 Å². The van der Waals surface area contributed by atoms with E-state index in [1.807, 2.05) is 24.4 Å². The molecule has 4 rings (SSSR count). The van der Waals surface area contributed by atoms with Crippen molar-refractivity contribution >= 4 is 23.2 Å². The molecule has 138 valence electrons. The van der Waals surface area contributed by atoms with Crippen LogP contribution in [0.15, 0.2) is 29.6 Å². The minimum absolute atomic E-state index is 0.115. The van der Waals surface area contributed by atoms with E-state index in [0.717, 1.165) is 16.3 Å². The molecule has 0 spiro atoms. The number of carboxylic acid groups (broad SMARTS) is 1. The first-order valence-corrected chi connectivity index (χ1v) is 9.27. The molecule has 0 radical (unpaired) electrons. The maximum Gasteiger partial charge on any atom is 0.328 e. The summed E-state index contributed by atoms with van der Waals surface area (Å²) >= 11 is 1.56. The van der Waals surface area contributed by atoms with Crippen LogP contribution in [0.25, 0.3) is 11.3 Å². The van der Waals surface area contributed by atoms with E-state index >= 15 is 0 Å². The fourth-order valence-electron chi connectivity index (χ4n) is 3.18. The Morgan fingerprint density at radius 2 is 1.93 bits per heavy atom. The van der Waals surface area contributed by atoms with Gasteiger partial charge in [0.1, 0.15) is 11.9 Å². The lowest BCUT2D eigenvalue weighted by Crippen LogP contribution is -2.50. The summed E-state index contributed by atoms with van der Waals surface area (Å²) < 4.78 is 1.75. The zero-order valence-electron chi connectivity index (χ0n) is 14.8. The van der Waals surface area contributed by atoms with E-state index in [-0.39, 0.29) is 19.0 Å². The number of amides is 1. The molecule has 8 nitrogen and oxygen atoms in total. The molecule has 1 amide bonds. The molecule has 0 saturated heterocycles. The molecule has 9 heteroatoms. The van der Waals surface area contributed by atoms with Gasteiger partial charge in [0.2, 0.25) is 0 Å². The Balaban J connectivity index is 1.62. The second kappa shape index (κ2) is 6.58. The van der Waals surface area contributed by atoms with E-state index in [1.165, 1.54) is 4.90 Å². The van der Waals surface area contributed by atoms with Crippen molar-refractivity contribution in [3.63, 3.8) is 0 Å². The Morgan fingerprint density at radius 3 is 2.56 bits per heavy atom. The molecule has 3 heterocycles. The van der Waals surface area contributed by atoms with Crippen molar-refractivity contribution in [1.82, 2.24) is 24.6 Å². The van der Waals surface area contributed by atoms with Crippen LogP contribution >= 0.6 is 11.3 Å². The number of rotatable bonds is 3. The summed E-state index contributed by atoms with van der Waals surface area (Å²) in [7, 11) is 0. The second-order valence-corrected chi connectivity index (χ2v) is 7.45. The van der Waals surface area contributed by atoms with Crippen molar-refractivity contribution in [1.29, 1.82) is 0 Å². The first-order valence-electron chi connectivity index (χ1n) is 8.39. The van der Waals surface area contributed by atoms with Gasteiger partial charge in [-0.15, -0.1) is 21.5 Å². The number of carboxylic acids is 1. The predicted molar refractivity (Wildman–Crippen MR) is 98.3 cm³/mol. The molecule has 0 saturated carbocycles. The Kier molecular flexibility index (Phi) is 4.23. The molecule has 27 heavy (non-hydrogen) atoms. The lowest BCUT2D eigenvalue weighted by atomic mass is 10.1. The van der Waals surface area contributed by atoms with Crippen molar-refractivity contribution in [2.75, 3.05) is 0 Å². The molecule has 0 fully saturated rings. The Morgan fingerprint density at radius 1 is 1.19 bits per heavy atom. The van der Waals surface area contributed by atoms with E-state index in [1.54, 1.807) is 35.0 Å². The van der Waals surface area contributed by atoms with Crippen LogP contribution in [-0.4, -0.2) is 47.7 Å². The van der Waals surface area contributed by atoms with Gasteiger partial charge in [-0.05, 0) is 26.0 Å². The standard InChI is InChI=1S/C18H17N5O3S/c1-10-20-21-16-8-23(15(18(25)26)7-22(10)16)17(24)13-5-3-12(4-6-13)14-9-27-11(2)19-14/h3-6,9,15H,7-8H2,1-2H3,(H,25,26). The first kappa shape index (κ1) is 17.3. The quantitative estimate of drug-likeness (QED) is 0.743. The Labute approximate surface area is 159 Å². The van der Waals surface area contributed by atoms with Gasteiger partial charge in [-0.2, -0.15) is 0 Å². The van der Waals surface area contributed by atoms with E-state index in [4.69, 9.17) is 0 Å². The summed E-state index contributed by atoms with van der Waals surface area (Å²) in [6.45, 7) is 3.97. The van der Waals surface area contributed by atoms with Crippen LogP contribution in [0.3, 0.4) is 0 Å². The average molecular weight is 383 g/mol. The molecule has 2 aromatic heterocycles. The summed E-state index contributed by atoms with van der Waals surface area (Å²) in [4.78, 5) is 30.5. The highest BCUT2D eigenvalue weighted by molar-refractivity contribution is 7.09. The average Bonchev–Trinajstić information content (AvgIpc) is 3.26. The van der Waals surface area contributed by atoms with Crippen LogP contribution in [0.4, 0.5) is 0 Å². The third-order valence-electron chi connectivity index (χ3n) is 4.65. The van der Waals surface area contributed by atoms with Crippen LogP contribution in [0, 0.1) is 13.8 Å². The number of thiazole rings is 1. The number of fused-ring (bicyclic) bond motifs is 1.